The molecule has 4 rings (SSSR count). The van der Waals surface area contributed by atoms with E-state index in [0.717, 1.165) is 36.5 Å². The van der Waals surface area contributed by atoms with Crippen molar-refractivity contribution in [3.05, 3.63) is 58.5 Å². The number of nitrogens with zero attached hydrogens (tertiary/aromatic N) is 3. The van der Waals surface area contributed by atoms with Crippen LogP contribution in [-0.2, 0) is 16.8 Å². The van der Waals surface area contributed by atoms with Gasteiger partial charge in [-0.05, 0) is 50.5 Å². The van der Waals surface area contributed by atoms with Gasteiger partial charge >= 0.3 is 0 Å². The van der Waals surface area contributed by atoms with Crippen molar-refractivity contribution in [1.82, 2.24) is 20.3 Å². The first kappa shape index (κ1) is 23.4. The van der Waals surface area contributed by atoms with Gasteiger partial charge in [0.1, 0.15) is 22.2 Å². The lowest BCUT2D eigenvalue weighted by Gasteiger charge is -2.26. The highest BCUT2D eigenvalue weighted by Crippen LogP contribution is 2.35. The molecular weight excluding hydrogens is 441 g/mol. The highest BCUT2D eigenvalue weighted by Gasteiger charge is 2.30. The summed E-state index contributed by atoms with van der Waals surface area (Å²) in [6, 6.07) is 8.55. The van der Waals surface area contributed by atoms with Crippen molar-refractivity contribution < 1.29 is 13.9 Å². The van der Waals surface area contributed by atoms with Gasteiger partial charge in [-0.3, -0.25) is 4.79 Å². The molecule has 0 bridgehead atoms. The molecule has 2 N–H and O–H groups in total. The molecule has 9 heteroatoms. The van der Waals surface area contributed by atoms with Crippen LogP contribution in [0.4, 0.5) is 10.3 Å². The minimum Gasteiger partial charge on any atom is -0.381 e. The summed E-state index contributed by atoms with van der Waals surface area (Å²) >= 11 is 1.43. The largest absolute Gasteiger partial charge is 0.381 e. The van der Waals surface area contributed by atoms with Crippen LogP contribution in [0.1, 0.15) is 54.5 Å². The van der Waals surface area contributed by atoms with Gasteiger partial charge in [-0.15, -0.1) is 11.3 Å². The van der Waals surface area contributed by atoms with Crippen molar-refractivity contribution in [2.24, 2.45) is 0 Å². The number of carbonyl (C=O) groups is 1. The SMILES string of the molecule is CC(=O)c1nc(-c2ccnc(NC3CCOCC3)n2)sc1C(C)(C)NCc1cccc(F)c1. The van der Waals surface area contributed by atoms with E-state index in [2.05, 4.69) is 25.6 Å². The van der Waals surface area contributed by atoms with Gasteiger partial charge in [0.15, 0.2) is 5.78 Å². The molecule has 3 aromatic rings. The number of thiazole rings is 1. The average molecular weight is 470 g/mol. The maximum atomic E-state index is 13.5. The number of ether oxygens (including phenoxy) is 1. The molecule has 1 aliphatic rings. The Labute approximate surface area is 196 Å². The van der Waals surface area contributed by atoms with Crippen LogP contribution >= 0.6 is 11.3 Å². The van der Waals surface area contributed by atoms with E-state index < -0.39 is 5.54 Å². The molecule has 3 heterocycles. The second-order valence-corrected chi connectivity index (χ2v) is 9.66. The number of anilines is 1. The Kier molecular flexibility index (Phi) is 7.11. The van der Waals surface area contributed by atoms with Crippen molar-refractivity contribution >= 4 is 23.1 Å². The normalized spacial score (nSPS) is 14.9. The van der Waals surface area contributed by atoms with E-state index in [-0.39, 0.29) is 17.6 Å². The number of rotatable bonds is 8. The maximum Gasteiger partial charge on any atom is 0.223 e. The number of ketones is 1. The Bertz CT molecular complexity index is 1130. The van der Waals surface area contributed by atoms with Crippen molar-refractivity contribution in [1.29, 1.82) is 0 Å². The van der Waals surface area contributed by atoms with Crippen LogP contribution in [0.15, 0.2) is 36.5 Å². The standard InChI is InChI=1S/C24H28FN5O2S/c1-15(31)20-21(24(2,3)27-14-16-5-4-6-17(25)13-16)33-22(30-20)19-7-10-26-23(29-19)28-18-8-11-32-12-9-18/h4-7,10,13,18,27H,8-9,11-12,14H2,1-3H3,(H,26,28,29). The molecule has 2 aromatic heterocycles. The van der Waals surface area contributed by atoms with Gasteiger partial charge in [0.25, 0.3) is 0 Å². The minimum absolute atomic E-state index is 0.109. The summed E-state index contributed by atoms with van der Waals surface area (Å²) in [6.45, 7) is 7.42. The first-order chi connectivity index (χ1) is 15.8. The molecule has 0 atom stereocenters. The lowest BCUT2D eigenvalue weighted by molar-refractivity contribution is 0.0903. The van der Waals surface area contributed by atoms with Gasteiger partial charge in [-0.1, -0.05) is 12.1 Å². The Morgan fingerprint density at radius 2 is 2.03 bits per heavy atom. The number of aromatic nitrogens is 3. The average Bonchev–Trinajstić information content (AvgIpc) is 3.26. The number of nitrogens with one attached hydrogen (secondary N) is 2. The van der Waals surface area contributed by atoms with E-state index in [1.54, 1.807) is 18.3 Å². The second-order valence-electron chi connectivity index (χ2n) is 8.66. The third-order valence-corrected chi connectivity index (χ3v) is 6.98. The monoisotopic (exact) mass is 469 g/mol. The molecule has 1 fully saturated rings. The maximum absolute atomic E-state index is 13.5. The van der Waals surface area contributed by atoms with Gasteiger partial charge in [-0.2, -0.15) is 0 Å². The van der Waals surface area contributed by atoms with Crippen LogP contribution < -0.4 is 10.6 Å². The Morgan fingerprint density at radius 1 is 1.24 bits per heavy atom. The number of carbonyl (C=O) groups excluding carboxylic acids is 1. The smallest absolute Gasteiger partial charge is 0.223 e. The molecule has 0 amide bonds. The van der Waals surface area contributed by atoms with E-state index in [0.29, 0.717) is 28.9 Å². The number of hydrogen-bond donors (Lipinski definition) is 2. The molecule has 0 saturated carbocycles. The van der Waals surface area contributed by atoms with Crippen LogP contribution in [0.25, 0.3) is 10.7 Å². The predicted octanol–water partition coefficient (Wildman–Crippen LogP) is 4.56. The summed E-state index contributed by atoms with van der Waals surface area (Å²) in [4.78, 5) is 26.9. The lowest BCUT2D eigenvalue weighted by atomic mass is 9.99. The van der Waals surface area contributed by atoms with E-state index in [4.69, 9.17) is 4.74 Å². The van der Waals surface area contributed by atoms with Crippen molar-refractivity contribution in [3.63, 3.8) is 0 Å². The molecule has 1 aliphatic heterocycles. The van der Waals surface area contributed by atoms with E-state index in [1.165, 1.54) is 30.4 Å². The molecule has 33 heavy (non-hydrogen) atoms. The van der Waals surface area contributed by atoms with Crippen molar-refractivity contribution in [2.75, 3.05) is 18.5 Å². The summed E-state index contributed by atoms with van der Waals surface area (Å²) in [6.07, 6.45) is 3.52. The third kappa shape index (κ3) is 5.79. The molecular formula is C24H28FN5O2S. The van der Waals surface area contributed by atoms with Gasteiger partial charge in [0.05, 0.1) is 4.88 Å². The minimum atomic E-state index is -0.556. The summed E-state index contributed by atoms with van der Waals surface area (Å²) in [5.41, 5.74) is 1.36. The van der Waals surface area contributed by atoms with Crippen molar-refractivity contribution in [2.45, 2.75) is 51.7 Å². The third-order valence-electron chi connectivity index (χ3n) is 5.58. The Morgan fingerprint density at radius 3 is 2.76 bits per heavy atom. The lowest BCUT2D eigenvalue weighted by Crippen LogP contribution is -2.36. The fraction of sp³-hybridized carbons (Fsp3) is 0.417. The number of halogens is 1. The van der Waals surface area contributed by atoms with Crippen LogP contribution in [0.2, 0.25) is 0 Å². The van der Waals surface area contributed by atoms with Gasteiger partial charge in [0, 0.05) is 44.5 Å². The molecule has 1 saturated heterocycles. The van der Waals surface area contributed by atoms with E-state index in [9.17, 15) is 9.18 Å². The topological polar surface area (TPSA) is 89.0 Å². The molecule has 0 spiro atoms. The Balaban J connectivity index is 1.57. The first-order valence-corrected chi connectivity index (χ1v) is 11.8. The molecule has 1 aromatic carbocycles. The predicted molar refractivity (Wildman–Crippen MR) is 127 cm³/mol. The highest BCUT2D eigenvalue weighted by atomic mass is 32.1. The zero-order valence-corrected chi connectivity index (χ0v) is 19.8. The quantitative estimate of drug-likeness (QED) is 0.468. The zero-order valence-electron chi connectivity index (χ0n) is 19.0. The van der Waals surface area contributed by atoms with Gasteiger partial charge in [-0.25, -0.2) is 19.3 Å². The fourth-order valence-corrected chi connectivity index (χ4v) is 4.88. The molecule has 174 valence electrons. The molecule has 0 unspecified atom stereocenters. The van der Waals surface area contributed by atoms with Crippen LogP contribution in [0, 0.1) is 5.82 Å². The van der Waals surface area contributed by atoms with Gasteiger partial charge < -0.3 is 15.4 Å². The zero-order chi connectivity index (χ0) is 23.4. The van der Waals surface area contributed by atoms with E-state index in [1.807, 2.05) is 19.9 Å². The van der Waals surface area contributed by atoms with Crippen LogP contribution in [-0.4, -0.2) is 40.0 Å². The number of Topliss-reactive ketones (excluding diaryl/α,β-unsaturated/α-hetero) is 1. The Hall–Kier alpha value is -2.75. The van der Waals surface area contributed by atoms with Crippen LogP contribution in [0.3, 0.4) is 0 Å². The molecule has 0 aliphatic carbocycles. The van der Waals surface area contributed by atoms with Crippen LogP contribution in [0.5, 0.6) is 0 Å². The summed E-state index contributed by atoms with van der Waals surface area (Å²) in [5, 5.41) is 7.47. The molecule has 7 nitrogen and oxygen atoms in total. The second kappa shape index (κ2) is 10.0. The molecule has 0 radical (unpaired) electrons. The van der Waals surface area contributed by atoms with Gasteiger partial charge in [0.2, 0.25) is 5.95 Å². The highest BCUT2D eigenvalue weighted by molar-refractivity contribution is 7.15. The first-order valence-electron chi connectivity index (χ1n) is 11.0. The van der Waals surface area contributed by atoms with Crippen molar-refractivity contribution in [3.8, 4) is 10.7 Å². The summed E-state index contributed by atoms with van der Waals surface area (Å²) in [5.74, 6) is 0.164. The van der Waals surface area contributed by atoms with E-state index >= 15 is 0 Å². The number of hydrogen-bond acceptors (Lipinski definition) is 8. The summed E-state index contributed by atoms with van der Waals surface area (Å²) in [7, 11) is 0. The summed E-state index contributed by atoms with van der Waals surface area (Å²) < 4.78 is 19.0. The fourth-order valence-electron chi connectivity index (χ4n) is 3.71. The number of benzene rings is 1.